The van der Waals surface area contributed by atoms with Crippen molar-refractivity contribution >= 4 is 28.2 Å². The van der Waals surface area contributed by atoms with Gasteiger partial charge in [-0.2, -0.15) is 0 Å². The molecule has 0 saturated heterocycles. The predicted octanol–water partition coefficient (Wildman–Crippen LogP) is 4.59. The van der Waals surface area contributed by atoms with Gasteiger partial charge in [0.15, 0.2) is 11.5 Å². The third kappa shape index (κ3) is 5.43. The number of hydrogen-bond donors (Lipinski definition) is 2. The third-order valence-corrected chi connectivity index (χ3v) is 5.88. The van der Waals surface area contributed by atoms with Crippen molar-refractivity contribution in [3.8, 4) is 17.2 Å². The number of ether oxygens (including phenoxy) is 3. The summed E-state index contributed by atoms with van der Waals surface area (Å²) < 4.78 is 17.5. The van der Waals surface area contributed by atoms with Gasteiger partial charge in [0.05, 0.1) is 26.8 Å². The van der Waals surface area contributed by atoms with E-state index in [2.05, 4.69) is 10.6 Å². The average molecular weight is 488 g/mol. The highest BCUT2D eigenvalue weighted by Gasteiger charge is 2.16. The molecule has 0 unspecified atom stereocenters. The Balaban J connectivity index is 1.70. The second-order valence-corrected chi connectivity index (χ2v) is 8.32. The van der Waals surface area contributed by atoms with Gasteiger partial charge < -0.3 is 24.8 Å². The summed E-state index contributed by atoms with van der Waals surface area (Å²) in [6.45, 7) is 2.14. The van der Waals surface area contributed by atoms with Crippen molar-refractivity contribution in [3.63, 3.8) is 0 Å². The number of rotatable bonds is 9. The monoisotopic (exact) mass is 487 g/mol. The fraction of sp³-hybridized carbons (Fsp3) is 0.214. The second-order valence-electron chi connectivity index (χ2n) is 8.32. The van der Waals surface area contributed by atoms with E-state index in [9.17, 15) is 9.59 Å². The topological polar surface area (TPSA) is 90.8 Å². The molecule has 186 valence electrons. The van der Waals surface area contributed by atoms with Crippen LogP contribution in [0, 0.1) is 6.92 Å². The largest absolute Gasteiger partial charge is 0.497 e. The summed E-state index contributed by atoms with van der Waals surface area (Å²) >= 11 is 0. The highest BCUT2D eigenvalue weighted by atomic mass is 16.5. The van der Waals surface area contributed by atoms with Crippen LogP contribution in [-0.2, 0) is 17.9 Å². The van der Waals surface area contributed by atoms with E-state index in [0.29, 0.717) is 40.6 Å². The van der Waals surface area contributed by atoms with Crippen LogP contribution in [0.25, 0.3) is 10.9 Å². The number of carbonyl (C=O) groups is 1. The van der Waals surface area contributed by atoms with Gasteiger partial charge in [-0.25, -0.2) is 0 Å². The van der Waals surface area contributed by atoms with E-state index in [1.807, 2.05) is 37.3 Å². The molecule has 8 heteroatoms. The maximum absolute atomic E-state index is 13.5. The van der Waals surface area contributed by atoms with E-state index < -0.39 is 0 Å². The third-order valence-electron chi connectivity index (χ3n) is 5.88. The molecule has 1 amide bonds. The first-order valence-electron chi connectivity index (χ1n) is 11.4. The number of amides is 1. The van der Waals surface area contributed by atoms with Crippen LogP contribution in [0.3, 0.4) is 0 Å². The molecule has 0 fully saturated rings. The molecule has 1 aromatic heterocycles. The summed E-state index contributed by atoms with van der Waals surface area (Å²) in [5.41, 5.74) is 3.48. The van der Waals surface area contributed by atoms with Crippen molar-refractivity contribution in [1.29, 1.82) is 0 Å². The first-order chi connectivity index (χ1) is 17.4. The fourth-order valence-corrected chi connectivity index (χ4v) is 3.94. The molecule has 8 nitrogen and oxygen atoms in total. The van der Waals surface area contributed by atoms with Gasteiger partial charge in [-0.1, -0.05) is 17.7 Å². The van der Waals surface area contributed by atoms with Gasteiger partial charge in [0.1, 0.15) is 12.3 Å². The van der Waals surface area contributed by atoms with Crippen LogP contribution in [0.5, 0.6) is 17.2 Å². The molecule has 0 aliphatic rings. The lowest BCUT2D eigenvalue weighted by atomic mass is 10.1. The Morgan fingerprint density at radius 1 is 0.833 bits per heavy atom. The van der Waals surface area contributed by atoms with Crippen LogP contribution >= 0.6 is 0 Å². The normalized spacial score (nSPS) is 10.7. The summed E-state index contributed by atoms with van der Waals surface area (Å²) in [5, 5.41) is 6.89. The molecule has 4 rings (SSSR count). The zero-order valence-corrected chi connectivity index (χ0v) is 20.8. The molecule has 2 N–H and O–H groups in total. The van der Waals surface area contributed by atoms with E-state index in [-0.39, 0.29) is 18.0 Å². The van der Waals surface area contributed by atoms with Gasteiger partial charge in [-0.15, -0.1) is 0 Å². The number of methoxy groups -OCH3 is 3. The van der Waals surface area contributed by atoms with Crippen LogP contribution in [0.4, 0.5) is 11.4 Å². The number of aryl methyl sites for hydroxylation is 1. The van der Waals surface area contributed by atoms with Gasteiger partial charge >= 0.3 is 0 Å². The minimum Gasteiger partial charge on any atom is -0.497 e. The number of anilines is 2. The van der Waals surface area contributed by atoms with E-state index in [1.54, 1.807) is 50.6 Å². The predicted molar refractivity (Wildman–Crippen MR) is 141 cm³/mol. The van der Waals surface area contributed by atoms with Gasteiger partial charge in [-0.3, -0.25) is 14.2 Å². The number of nitrogens with one attached hydrogen (secondary N) is 2. The molecule has 0 bridgehead atoms. The summed E-state index contributed by atoms with van der Waals surface area (Å²) in [6, 6.07) is 20.3. The smallest absolute Gasteiger partial charge is 0.256 e. The molecule has 4 aromatic rings. The molecular formula is C28H29N3O5. The maximum Gasteiger partial charge on any atom is 0.256 e. The quantitative estimate of drug-likeness (QED) is 0.359. The number of hydrogen-bond acceptors (Lipinski definition) is 6. The number of carbonyl (C=O) groups excluding carboxylic acids is 1. The summed E-state index contributed by atoms with van der Waals surface area (Å²) in [7, 11) is 4.67. The van der Waals surface area contributed by atoms with E-state index in [4.69, 9.17) is 14.2 Å². The Labute approximate surface area is 209 Å². The minimum absolute atomic E-state index is 0.171. The van der Waals surface area contributed by atoms with Crippen LogP contribution in [0.2, 0.25) is 0 Å². The standard InChI is InChI=1S/C28H29N3O5/c1-18-5-7-21(8-6-18)29-16-20-13-19-14-25(35-3)26(36-4)15-24(19)31(28(20)33)17-27(32)30-22-9-11-23(34-2)12-10-22/h5-15,29H,16-17H2,1-4H3,(H,30,32). The van der Waals surface area contributed by atoms with Crippen LogP contribution < -0.4 is 30.4 Å². The van der Waals surface area contributed by atoms with Gasteiger partial charge in [0, 0.05) is 34.9 Å². The molecule has 36 heavy (non-hydrogen) atoms. The molecule has 0 aliphatic carbocycles. The van der Waals surface area contributed by atoms with Crippen molar-refractivity contribution in [1.82, 2.24) is 4.57 Å². The average Bonchev–Trinajstić information content (AvgIpc) is 2.90. The molecule has 0 saturated carbocycles. The minimum atomic E-state index is -0.331. The number of nitrogens with zero attached hydrogens (tertiary/aromatic N) is 1. The van der Waals surface area contributed by atoms with Gasteiger partial charge in [0.2, 0.25) is 5.91 Å². The summed E-state index contributed by atoms with van der Waals surface area (Å²) in [6.07, 6.45) is 0. The zero-order valence-electron chi connectivity index (χ0n) is 20.8. The lowest BCUT2D eigenvalue weighted by Crippen LogP contribution is -2.30. The summed E-state index contributed by atoms with van der Waals surface area (Å²) in [4.78, 5) is 26.5. The molecule has 0 aliphatic heterocycles. The highest BCUT2D eigenvalue weighted by molar-refractivity contribution is 5.92. The summed E-state index contributed by atoms with van der Waals surface area (Å²) in [5.74, 6) is 1.36. The SMILES string of the molecule is COc1ccc(NC(=O)Cn2c(=O)c(CNc3ccc(C)cc3)cc3cc(OC)c(OC)cc32)cc1. The lowest BCUT2D eigenvalue weighted by Gasteiger charge is -2.16. The van der Waals surface area contributed by atoms with Gasteiger partial charge in [0.25, 0.3) is 5.56 Å². The molecule has 0 atom stereocenters. The number of pyridine rings is 1. The van der Waals surface area contributed by atoms with Crippen molar-refractivity contribution in [2.75, 3.05) is 32.0 Å². The Hall–Kier alpha value is -4.46. The van der Waals surface area contributed by atoms with E-state index >= 15 is 0 Å². The van der Waals surface area contributed by atoms with Crippen molar-refractivity contribution < 1.29 is 19.0 Å². The fourth-order valence-electron chi connectivity index (χ4n) is 3.94. The highest BCUT2D eigenvalue weighted by Crippen LogP contribution is 2.32. The van der Waals surface area contributed by atoms with Gasteiger partial charge in [-0.05, 0) is 55.5 Å². The molecule has 0 spiro atoms. The first kappa shape index (κ1) is 24.7. The lowest BCUT2D eigenvalue weighted by molar-refractivity contribution is -0.116. The first-order valence-corrected chi connectivity index (χ1v) is 11.4. The Morgan fingerprint density at radius 2 is 1.47 bits per heavy atom. The Morgan fingerprint density at radius 3 is 2.11 bits per heavy atom. The van der Waals surface area contributed by atoms with Crippen LogP contribution in [0.1, 0.15) is 11.1 Å². The van der Waals surface area contributed by atoms with Crippen molar-refractivity contribution in [3.05, 3.63) is 88.2 Å². The van der Waals surface area contributed by atoms with E-state index in [0.717, 1.165) is 16.6 Å². The zero-order chi connectivity index (χ0) is 25.7. The maximum atomic E-state index is 13.5. The Kier molecular flexibility index (Phi) is 7.44. The second kappa shape index (κ2) is 10.9. The Bertz CT molecular complexity index is 1430. The van der Waals surface area contributed by atoms with Crippen LogP contribution in [0.15, 0.2) is 71.5 Å². The number of fused-ring (bicyclic) bond motifs is 1. The number of benzene rings is 3. The number of aromatic nitrogens is 1. The molecule has 3 aromatic carbocycles. The molecule has 0 radical (unpaired) electrons. The molecule has 1 heterocycles. The molecular weight excluding hydrogens is 458 g/mol. The van der Waals surface area contributed by atoms with Crippen molar-refractivity contribution in [2.45, 2.75) is 20.0 Å². The van der Waals surface area contributed by atoms with Crippen molar-refractivity contribution in [2.24, 2.45) is 0 Å². The van der Waals surface area contributed by atoms with Crippen LogP contribution in [-0.4, -0.2) is 31.8 Å². The van der Waals surface area contributed by atoms with E-state index in [1.165, 1.54) is 11.7 Å².